The second-order valence-electron chi connectivity index (χ2n) is 5.21. The molecule has 1 N–H and O–H groups in total. The van der Waals surface area contributed by atoms with Crippen LogP contribution in [0, 0.1) is 13.8 Å². The quantitative estimate of drug-likeness (QED) is 0.734. The van der Waals surface area contributed by atoms with Crippen LogP contribution in [0.1, 0.15) is 11.1 Å². The van der Waals surface area contributed by atoms with Gasteiger partial charge in [-0.1, -0.05) is 17.7 Å². The minimum atomic E-state index is -0.247. The second-order valence-corrected chi connectivity index (χ2v) is 5.48. The Labute approximate surface area is 133 Å². The molecule has 0 unspecified atom stereocenters. The topological polar surface area (TPSA) is 55.1 Å². The number of alkyl halides is 1. The summed E-state index contributed by atoms with van der Waals surface area (Å²) in [6, 6.07) is 11.6. The van der Waals surface area contributed by atoms with Crippen LogP contribution in [0.25, 0.3) is 22.6 Å². The van der Waals surface area contributed by atoms with Crippen molar-refractivity contribution < 1.29 is 9.21 Å². The summed E-state index contributed by atoms with van der Waals surface area (Å²) in [6.45, 7) is 3.95. The monoisotopic (exact) mass is 314 g/mol. The fraction of sp³-hybridized carbons (Fsp3) is 0.176. The molecule has 0 fully saturated rings. The summed E-state index contributed by atoms with van der Waals surface area (Å²) in [6.07, 6.45) is 0. The first kappa shape index (κ1) is 14.6. The van der Waals surface area contributed by atoms with Gasteiger partial charge in [0.2, 0.25) is 11.8 Å². The number of rotatable bonds is 3. The molecule has 0 saturated carbocycles. The molecule has 0 spiro atoms. The Morgan fingerprint density at radius 1 is 1.27 bits per heavy atom. The molecule has 0 aliphatic carbocycles. The van der Waals surface area contributed by atoms with Crippen molar-refractivity contribution in [2.45, 2.75) is 13.8 Å². The molecule has 112 valence electrons. The standard InChI is InChI=1S/C17H15ClN2O2/c1-10-4-3-5-12(6-10)17-20-14-8-13(19-15(21)9-18)7-11(2)16(14)22-17/h3-8H,9H2,1-2H3,(H,19,21). The van der Waals surface area contributed by atoms with Gasteiger partial charge in [-0.2, -0.15) is 0 Å². The second kappa shape index (κ2) is 5.81. The first-order valence-electron chi connectivity index (χ1n) is 6.91. The first-order valence-corrected chi connectivity index (χ1v) is 7.44. The molecule has 0 saturated heterocycles. The van der Waals surface area contributed by atoms with Gasteiger partial charge in [0.15, 0.2) is 5.58 Å². The third-order valence-corrected chi connectivity index (χ3v) is 3.59. The molecule has 0 aliphatic rings. The van der Waals surface area contributed by atoms with E-state index in [0.29, 0.717) is 17.1 Å². The van der Waals surface area contributed by atoms with Crippen LogP contribution >= 0.6 is 11.6 Å². The molecule has 0 bridgehead atoms. The number of aryl methyl sites for hydroxylation is 2. The Bertz CT molecular complexity index is 855. The largest absolute Gasteiger partial charge is 0.436 e. The van der Waals surface area contributed by atoms with E-state index >= 15 is 0 Å². The Balaban J connectivity index is 2.06. The van der Waals surface area contributed by atoms with Crippen LogP contribution in [-0.4, -0.2) is 16.8 Å². The smallest absolute Gasteiger partial charge is 0.239 e. The maximum absolute atomic E-state index is 11.4. The molecule has 5 heteroatoms. The number of amides is 1. The molecular weight excluding hydrogens is 300 g/mol. The number of hydrogen-bond donors (Lipinski definition) is 1. The lowest BCUT2D eigenvalue weighted by atomic mass is 10.1. The number of hydrogen-bond acceptors (Lipinski definition) is 3. The molecular formula is C17H15ClN2O2. The van der Waals surface area contributed by atoms with Gasteiger partial charge < -0.3 is 9.73 Å². The molecule has 22 heavy (non-hydrogen) atoms. The predicted molar refractivity (Wildman–Crippen MR) is 88.3 cm³/mol. The summed E-state index contributed by atoms with van der Waals surface area (Å²) in [5.74, 6) is 0.246. The Hall–Kier alpha value is -2.33. The zero-order chi connectivity index (χ0) is 15.7. The molecule has 3 aromatic rings. The van der Waals surface area contributed by atoms with Crippen molar-refractivity contribution in [2.24, 2.45) is 0 Å². The first-order chi connectivity index (χ1) is 10.6. The van der Waals surface area contributed by atoms with Gasteiger partial charge in [-0.05, 0) is 43.7 Å². The Morgan fingerprint density at radius 3 is 2.82 bits per heavy atom. The average Bonchev–Trinajstić information content (AvgIpc) is 2.92. The van der Waals surface area contributed by atoms with Crippen molar-refractivity contribution >= 4 is 34.3 Å². The van der Waals surface area contributed by atoms with E-state index in [4.69, 9.17) is 16.0 Å². The van der Waals surface area contributed by atoms with Crippen LogP contribution in [-0.2, 0) is 4.79 Å². The molecule has 2 aromatic carbocycles. The maximum atomic E-state index is 11.4. The van der Waals surface area contributed by atoms with Crippen molar-refractivity contribution in [3.8, 4) is 11.5 Å². The van der Waals surface area contributed by atoms with E-state index in [-0.39, 0.29) is 11.8 Å². The van der Waals surface area contributed by atoms with Crippen molar-refractivity contribution in [1.29, 1.82) is 0 Å². The van der Waals surface area contributed by atoms with E-state index in [1.165, 1.54) is 0 Å². The third kappa shape index (κ3) is 2.83. The van der Waals surface area contributed by atoms with Gasteiger partial charge in [0.25, 0.3) is 0 Å². The summed E-state index contributed by atoms with van der Waals surface area (Å²) in [5.41, 5.74) is 5.09. The third-order valence-electron chi connectivity index (χ3n) is 3.35. The van der Waals surface area contributed by atoms with Crippen molar-refractivity contribution in [3.05, 3.63) is 47.5 Å². The van der Waals surface area contributed by atoms with E-state index < -0.39 is 0 Å². The summed E-state index contributed by atoms with van der Waals surface area (Å²) >= 11 is 5.51. The van der Waals surface area contributed by atoms with Crippen LogP contribution < -0.4 is 5.32 Å². The Morgan fingerprint density at radius 2 is 2.09 bits per heavy atom. The minimum Gasteiger partial charge on any atom is -0.436 e. The number of fused-ring (bicyclic) bond motifs is 1. The van der Waals surface area contributed by atoms with E-state index in [0.717, 1.165) is 22.3 Å². The Kier molecular flexibility index (Phi) is 3.86. The number of nitrogens with one attached hydrogen (secondary N) is 1. The van der Waals surface area contributed by atoms with Gasteiger partial charge in [0.1, 0.15) is 11.4 Å². The molecule has 0 aliphatic heterocycles. The summed E-state index contributed by atoms with van der Waals surface area (Å²) < 4.78 is 5.88. The molecule has 0 atom stereocenters. The number of benzene rings is 2. The van der Waals surface area contributed by atoms with E-state index in [1.807, 2.05) is 44.2 Å². The summed E-state index contributed by atoms with van der Waals surface area (Å²) in [4.78, 5) is 15.9. The van der Waals surface area contributed by atoms with Crippen LogP contribution in [0.3, 0.4) is 0 Å². The average molecular weight is 315 g/mol. The highest BCUT2D eigenvalue weighted by atomic mass is 35.5. The molecule has 1 heterocycles. The lowest BCUT2D eigenvalue weighted by molar-refractivity contribution is -0.113. The van der Waals surface area contributed by atoms with Crippen LogP contribution in [0.4, 0.5) is 5.69 Å². The normalized spacial score (nSPS) is 10.9. The molecule has 0 radical (unpaired) electrons. The molecule has 1 amide bonds. The lowest BCUT2D eigenvalue weighted by Crippen LogP contribution is -2.12. The number of halogens is 1. The maximum Gasteiger partial charge on any atom is 0.239 e. The van der Waals surface area contributed by atoms with Crippen LogP contribution in [0.5, 0.6) is 0 Å². The summed E-state index contributed by atoms with van der Waals surface area (Å²) in [5, 5.41) is 2.73. The highest BCUT2D eigenvalue weighted by Gasteiger charge is 2.12. The summed E-state index contributed by atoms with van der Waals surface area (Å²) in [7, 11) is 0. The van der Waals surface area contributed by atoms with Crippen molar-refractivity contribution in [3.63, 3.8) is 0 Å². The molecule has 4 nitrogen and oxygen atoms in total. The number of anilines is 1. The van der Waals surface area contributed by atoms with E-state index in [9.17, 15) is 4.79 Å². The van der Waals surface area contributed by atoms with Gasteiger partial charge in [-0.25, -0.2) is 4.98 Å². The predicted octanol–water partition coefficient (Wildman–Crippen LogP) is 4.29. The van der Waals surface area contributed by atoms with Gasteiger partial charge in [-0.15, -0.1) is 11.6 Å². The van der Waals surface area contributed by atoms with Gasteiger partial charge in [0, 0.05) is 11.3 Å². The zero-order valence-corrected chi connectivity index (χ0v) is 13.1. The number of nitrogens with zero attached hydrogens (tertiary/aromatic N) is 1. The van der Waals surface area contributed by atoms with Crippen LogP contribution in [0.2, 0.25) is 0 Å². The van der Waals surface area contributed by atoms with Gasteiger partial charge in [-0.3, -0.25) is 4.79 Å². The van der Waals surface area contributed by atoms with Crippen LogP contribution in [0.15, 0.2) is 40.8 Å². The number of aromatic nitrogens is 1. The fourth-order valence-electron chi connectivity index (χ4n) is 2.37. The number of carbonyl (C=O) groups is 1. The van der Waals surface area contributed by atoms with E-state index in [1.54, 1.807) is 6.07 Å². The zero-order valence-electron chi connectivity index (χ0n) is 12.3. The fourth-order valence-corrected chi connectivity index (χ4v) is 2.43. The highest BCUT2D eigenvalue weighted by molar-refractivity contribution is 6.29. The van der Waals surface area contributed by atoms with E-state index in [2.05, 4.69) is 10.3 Å². The molecule has 1 aromatic heterocycles. The molecule has 3 rings (SSSR count). The minimum absolute atomic E-state index is 0.0789. The SMILES string of the molecule is Cc1cccc(-c2nc3cc(NC(=O)CCl)cc(C)c3o2)c1. The number of oxazole rings is 1. The van der Waals surface area contributed by atoms with Gasteiger partial charge in [0.05, 0.1) is 0 Å². The highest BCUT2D eigenvalue weighted by Crippen LogP contribution is 2.29. The lowest BCUT2D eigenvalue weighted by Gasteiger charge is -2.03. The van der Waals surface area contributed by atoms with Gasteiger partial charge >= 0.3 is 0 Å². The number of carbonyl (C=O) groups excluding carboxylic acids is 1. The van der Waals surface area contributed by atoms with Crippen molar-refractivity contribution in [1.82, 2.24) is 4.98 Å². The van der Waals surface area contributed by atoms with Crippen molar-refractivity contribution in [2.75, 3.05) is 11.2 Å².